The van der Waals surface area contributed by atoms with Crippen LogP contribution in [0.2, 0.25) is 0 Å². The molecule has 0 spiro atoms. The Balaban J connectivity index is 1.63. The van der Waals surface area contributed by atoms with Gasteiger partial charge in [0, 0.05) is 11.6 Å². The van der Waals surface area contributed by atoms with Gasteiger partial charge in [-0.15, -0.1) is 0 Å². The highest BCUT2D eigenvalue weighted by Gasteiger charge is 2.08. The van der Waals surface area contributed by atoms with E-state index in [0.29, 0.717) is 10.4 Å². The third-order valence-corrected chi connectivity index (χ3v) is 4.38. The predicted molar refractivity (Wildman–Crippen MR) is 97.9 cm³/mol. The molecule has 0 unspecified atom stereocenters. The van der Waals surface area contributed by atoms with Crippen LogP contribution in [0.3, 0.4) is 0 Å². The van der Waals surface area contributed by atoms with Gasteiger partial charge in [0.15, 0.2) is 0 Å². The Morgan fingerprint density at radius 3 is 2.32 bits per heavy atom. The number of hydrogen-bond acceptors (Lipinski definition) is 5. The first-order chi connectivity index (χ1) is 12.1. The van der Waals surface area contributed by atoms with E-state index < -0.39 is 4.92 Å². The number of carbonyl (C=O) groups is 1. The summed E-state index contributed by atoms with van der Waals surface area (Å²) in [7, 11) is 0. The standard InChI is InChI=1S/C18H13N3O3S/c22-18(20-19-12-16-10-11-17(25-16)21(23)24)15-8-6-14(7-9-15)13-4-2-1-3-5-13/h1-12H,(H,20,22)/b19-12+. The lowest BCUT2D eigenvalue weighted by molar-refractivity contribution is -0.380. The second kappa shape index (κ2) is 7.50. The highest BCUT2D eigenvalue weighted by molar-refractivity contribution is 7.16. The van der Waals surface area contributed by atoms with E-state index in [2.05, 4.69) is 10.5 Å². The molecule has 0 atom stereocenters. The predicted octanol–water partition coefficient (Wildman–Crippen LogP) is 4.09. The fraction of sp³-hybridized carbons (Fsp3) is 0. The summed E-state index contributed by atoms with van der Waals surface area (Å²) in [6.45, 7) is 0. The van der Waals surface area contributed by atoms with Gasteiger partial charge in [0.05, 0.1) is 16.0 Å². The zero-order chi connectivity index (χ0) is 17.6. The maximum absolute atomic E-state index is 12.1. The molecular weight excluding hydrogens is 338 g/mol. The van der Waals surface area contributed by atoms with Gasteiger partial charge < -0.3 is 0 Å². The van der Waals surface area contributed by atoms with Gasteiger partial charge in [0.25, 0.3) is 5.91 Å². The Labute approximate surface area is 147 Å². The van der Waals surface area contributed by atoms with E-state index in [0.717, 1.165) is 22.5 Å². The molecule has 124 valence electrons. The molecule has 2 aromatic carbocycles. The number of rotatable bonds is 5. The van der Waals surface area contributed by atoms with Crippen LogP contribution in [0.1, 0.15) is 15.2 Å². The van der Waals surface area contributed by atoms with Crippen molar-refractivity contribution in [2.24, 2.45) is 5.10 Å². The minimum atomic E-state index is -0.463. The van der Waals surface area contributed by atoms with E-state index in [1.807, 2.05) is 42.5 Å². The first-order valence-electron chi connectivity index (χ1n) is 7.36. The van der Waals surface area contributed by atoms with E-state index in [1.165, 1.54) is 12.3 Å². The maximum Gasteiger partial charge on any atom is 0.324 e. The van der Waals surface area contributed by atoms with Crippen molar-refractivity contribution in [1.82, 2.24) is 5.43 Å². The number of thiophene rings is 1. The van der Waals surface area contributed by atoms with Crippen molar-refractivity contribution in [3.63, 3.8) is 0 Å². The molecule has 6 nitrogen and oxygen atoms in total. The monoisotopic (exact) mass is 351 g/mol. The van der Waals surface area contributed by atoms with Crippen molar-refractivity contribution in [1.29, 1.82) is 0 Å². The average Bonchev–Trinajstić information content (AvgIpc) is 3.12. The molecule has 0 aliphatic heterocycles. The Kier molecular flexibility index (Phi) is 4.96. The van der Waals surface area contributed by atoms with E-state index in [1.54, 1.807) is 18.2 Å². The van der Waals surface area contributed by atoms with Crippen LogP contribution in [0.5, 0.6) is 0 Å². The van der Waals surface area contributed by atoms with Crippen LogP contribution < -0.4 is 5.43 Å². The summed E-state index contributed by atoms with van der Waals surface area (Å²) < 4.78 is 0. The second-order valence-corrected chi connectivity index (χ2v) is 6.17. The van der Waals surface area contributed by atoms with Gasteiger partial charge in [0.2, 0.25) is 0 Å². The van der Waals surface area contributed by atoms with Gasteiger partial charge in [-0.25, -0.2) is 5.43 Å². The molecule has 0 aliphatic rings. The minimum Gasteiger partial charge on any atom is -0.267 e. The second-order valence-electron chi connectivity index (χ2n) is 5.08. The zero-order valence-corrected chi connectivity index (χ0v) is 13.8. The van der Waals surface area contributed by atoms with Crippen molar-refractivity contribution in [2.45, 2.75) is 0 Å². The first-order valence-corrected chi connectivity index (χ1v) is 8.18. The van der Waals surface area contributed by atoms with Crippen molar-refractivity contribution >= 4 is 28.5 Å². The fourth-order valence-corrected chi connectivity index (χ4v) is 2.87. The molecule has 25 heavy (non-hydrogen) atoms. The average molecular weight is 351 g/mol. The summed E-state index contributed by atoms with van der Waals surface area (Å²) in [4.78, 5) is 22.8. The topological polar surface area (TPSA) is 84.6 Å². The van der Waals surface area contributed by atoms with Gasteiger partial charge in [-0.3, -0.25) is 14.9 Å². The van der Waals surface area contributed by atoms with Crippen LogP contribution in [-0.4, -0.2) is 17.0 Å². The number of hydrogen-bond donors (Lipinski definition) is 1. The number of nitro groups is 1. The van der Waals surface area contributed by atoms with Crippen LogP contribution in [0, 0.1) is 10.1 Å². The highest BCUT2D eigenvalue weighted by Crippen LogP contribution is 2.22. The quantitative estimate of drug-likeness (QED) is 0.427. The van der Waals surface area contributed by atoms with Crippen molar-refractivity contribution < 1.29 is 9.72 Å². The maximum atomic E-state index is 12.1. The van der Waals surface area contributed by atoms with E-state index in [9.17, 15) is 14.9 Å². The normalized spacial score (nSPS) is 10.7. The van der Waals surface area contributed by atoms with Crippen LogP contribution in [0.15, 0.2) is 71.8 Å². The number of hydrazone groups is 1. The van der Waals surface area contributed by atoms with Crippen molar-refractivity contribution in [3.8, 4) is 11.1 Å². The van der Waals surface area contributed by atoms with Gasteiger partial charge in [-0.1, -0.05) is 53.8 Å². The first kappa shape index (κ1) is 16.5. The molecule has 7 heteroatoms. The number of nitrogens with zero attached hydrogens (tertiary/aromatic N) is 2. The fourth-order valence-electron chi connectivity index (χ4n) is 2.17. The molecule has 0 saturated heterocycles. The van der Waals surface area contributed by atoms with Gasteiger partial charge >= 0.3 is 5.00 Å². The third-order valence-electron chi connectivity index (χ3n) is 3.40. The van der Waals surface area contributed by atoms with Gasteiger partial charge in [0.1, 0.15) is 0 Å². The highest BCUT2D eigenvalue weighted by atomic mass is 32.1. The Hall–Kier alpha value is -3.32. The molecule has 3 rings (SSSR count). The van der Waals surface area contributed by atoms with Gasteiger partial charge in [-0.2, -0.15) is 5.10 Å². The number of amides is 1. The summed E-state index contributed by atoms with van der Waals surface area (Å²) in [6, 6.07) is 20.0. The molecular formula is C18H13N3O3S. The molecule has 1 amide bonds. The van der Waals surface area contributed by atoms with Crippen LogP contribution in [-0.2, 0) is 0 Å². The molecule has 1 heterocycles. The molecule has 3 aromatic rings. The number of carbonyl (C=O) groups excluding carboxylic acids is 1. The van der Waals surface area contributed by atoms with E-state index in [-0.39, 0.29) is 10.9 Å². The number of nitrogens with one attached hydrogen (secondary N) is 1. The Bertz CT molecular complexity index is 918. The largest absolute Gasteiger partial charge is 0.324 e. The zero-order valence-electron chi connectivity index (χ0n) is 13.0. The smallest absolute Gasteiger partial charge is 0.267 e. The van der Waals surface area contributed by atoms with Crippen molar-refractivity contribution in [2.75, 3.05) is 0 Å². The molecule has 0 aliphatic carbocycles. The Morgan fingerprint density at radius 2 is 1.68 bits per heavy atom. The summed E-state index contributed by atoms with van der Waals surface area (Å²) in [5.41, 5.74) is 4.99. The van der Waals surface area contributed by atoms with Gasteiger partial charge in [-0.05, 0) is 29.3 Å². The summed E-state index contributed by atoms with van der Waals surface area (Å²) in [5, 5.41) is 14.5. The lowest BCUT2D eigenvalue weighted by Crippen LogP contribution is -2.17. The van der Waals surface area contributed by atoms with E-state index >= 15 is 0 Å². The summed E-state index contributed by atoms with van der Waals surface area (Å²) in [5.74, 6) is -0.345. The lowest BCUT2D eigenvalue weighted by atomic mass is 10.0. The molecule has 1 aromatic heterocycles. The third kappa shape index (κ3) is 4.15. The van der Waals surface area contributed by atoms with Crippen LogP contribution in [0.4, 0.5) is 5.00 Å². The SMILES string of the molecule is O=C(N/N=C/c1ccc([N+](=O)[O-])s1)c1ccc(-c2ccccc2)cc1. The molecule has 1 N–H and O–H groups in total. The summed E-state index contributed by atoms with van der Waals surface area (Å²) in [6.07, 6.45) is 1.38. The molecule has 0 radical (unpaired) electrons. The minimum absolute atomic E-state index is 0.0317. The Morgan fingerprint density at radius 1 is 1.00 bits per heavy atom. The molecule has 0 saturated carbocycles. The summed E-state index contributed by atoms with van der Waals surface area (Å²) >= 11 is 0.988. The number of benzene rings is 2. The van der Waals surface area contributed by atoms with Crippen LogP contribution in [0.25, 0.3) is 11.1 Å². The molecule has 0 fully saturated rings. The lowest BCUT2D eigenvalue weighted by Gasteiger charge is -2.03. The van der Waals surface area contributed by atoms with Crippen LogP contribution >= 0.6 is 11.3 Å². The van der Waals surface area contributed by atoms with Crippen molar-refractivity contribution in [3.05, 3.63) is 87.3 Å². The molecule has 0 bridgehead atoms. The van der Waals surface area contributed by atoms with E-state index in [4.69, 9.17) is 0 Å².